The molecular weight excluding hydrogens is 599 g/mol. The van der Waals surface area contributed by atoms with Crippen molar-refractivity contribution in [3.63, 3.8) is 0 Å². The van der Waals surface area contributed by atoms with E-state index < -0.39 is 19.9 Å². The summed E-state index contributed by atoms with van der Waals surface area (Å²) in [4.78, 5) is 40.9. The van der Waals surface area contributed by atoms with E-state index in [-0.39, 0.29) is 6.04 Å². The predicted molar refractivity (Wildman–Crippen MR) is 185 cm³/mol. The second kappa shape index (κ2) is 12.9. The van der Waals surface area contributed by atoms with Gasteiger partial charge in [0.15, 0.2) is 0 Å². The Kier molecular flexibility index (Phi) is 9.14. The summed E-state index contributed by atoms with van der Waals surface area (Å²) in [7, 11) is 3.20. The number of fused-ring (bicyclic) bond motifs is 2. The number of hydrogen-bond acceptors (Lipinski definition) is 7. The first kappa shape index (κ1) is 31.8. The third-order valence-electron chi connectivity index (χ3n) is 9.61. The highest BCUT2D eigenvalue weighted by atomic mass is 32.1. The van der Waals surface area contributed by atoms with Crippen molar-refractivity contribution >= 4 is 58.0 Å². The molecule has 45 heavy (non-hydrogen) atoms. The Labute approximate surface area is 271 Å². The zero-order valence-electron chi connectivity index (χ0n) is 27.5. The molecule has 1 aliphatic heterocycles. The Bertz CT molecular complexity index is 1690. The average Bonchev–Trinajstić information content (AvgIpc) is 3.57. The molecule has 6 rings (SSSR count). The van der Waals surface area contributed by atoms with Crippen LogP contribution in [-0.4, -0.2) is 76.1 Å². The summed E-state index contributed by atoms with van der Waals surface area (Å²) in [5.41, 5.74) is 3.38. The first-order valence-electron chi connectivity index (χ1n) is 16.4. The third kappa shape index (κ3) is 7.00. The highest BCUT2D eigenvalue weighted by molar-refractivity contribution is 7.18. The number of nitrogens with zero attached hydrogens (tertiary/aromatic N) is 6. The van der Waals surface area contributed by atoms with Gasteiger partial charge >= 0.3 is 11.8 Å². The molecular formula is C34H47N7O2SSi. The molecule has 11 heteroatoms. The van der Waals surface area contributed by atoms with E-state index >= 15 is 0 Å². The first-order chi connectivity index (χ1) is 21.5. The molecule has 2 fully saturated rings. The number of carbonyl (C=O) groups is 2. The number of aromatic nitrogens is 4. The van der Waals surface area contributed by atoms with Crippen LogP contribution in [0.3, 0.4) is 0 Å². The number of amides is 2. The summed E-state index contributed by atoms with van der Waals surface area (Å²) >= 11 is 1.79. The number of pyridine rings is 1. The van der Waals surface area contributed by atoms with Gasteiger partial charge in [0.25, 0.3) is 0 Å². The highest BCUT2D eigenvalue weighted by Gasteiger charge is 2.36. The van der Waals surface area contributed by atoms with Crippen LogP contribution in [0, 0.1) is 5.92 Å². The predicted octanol–water partition coefficient (Wildman–Crippen LogP) is 6.91. The quantitative estimate of drug-likeness (QED) is 0.121. The molecule has 3 aromatic heterocycles. The molecule has 0 bridgehead atoms. The fourth-order valence-corrected chi connectivity index (χ4v) is 9.19. The standard InChI is InChI=1S/C34H47N7O2SSi/c1-22-9-11-29(23-10-12-30-27(17-23)38-33(44-30)24-15-26(16-24)39(2)3)40(21-22)34(43)32(42)37-28-20-35-18-25-19-36-41(31(25)28)13-7-8-14-45(4,5)6/h10,12,17-20,22,24,26,29H,7-9,11,13-16,21H2,1-6H3,(H,37,42)/t22-,24?,26?,29+/m0/s1. The lowest BCUT2D eigenvalue weighted by molar-refractivity contribution is -0.146. The number of benzene rings is 1. The molecule has 2 aliphatic rings. The molecule has 2 atom stereocenters. The highest BCUT2D eigenvalue weighted by Crippen LogP contribution is 2.43. The minimum absolute atomic E-state index is 0.165. The number of rotatable bonds is 9. The van der Waals surface area contributed by atoms with Gasteiger partial charge in [0.2, 0.25) is 0 Å². The van der Waals surface area contributed by atoms with Crippen molar-refractivity contribution in [2.75, 3.05) is 26.0 Å². The number of piperidine rings is 1. The van der Waals surface area contributed by atoms with E-state index in [1.165, 1.54) is 15.8 Å². The van der Waals surface area contributed by atoms with Crippen LogP contribution < -0.4 is 5.32 Å². The molecule has 240 valence electrons. The summed E-state index contributed by atoms with van der Waals surface area (Å²) in [6, 6.07) is 8.15. The number of likely N-dealkylation sites (tertiary alicyclic amines) is 1. The minimum Gasteiger partial charge on any atom is -0.327 e. The second-order valence-electron chi connectivity index (χ2n) is 14.7. The van der Waals surface area contributed by atoms with Crippen LogP contribution in [0.1, 0.15) is 68.0 Å². The normalized spacial score (nSPS) is 22.2. The zero-order valence-corrected chi connectivity index (χ0v) is 29.4. The fourth-order valence-electron chi connectivity index (χ4n) is 6.81. The maximum atomic E-state index is 13.8. The molecule has 1 saturated carbocycles. The lowest BCUT2D eigenvalue weighted by Crippen LogP contribution is -2.46. The Morgan fingerprint density at radius 3 is 2.64 bits per heavy atom. The van der Waals surface area contributed by atoms with Gasteiger partial charge in [-0.25, -0.2) is 4.98 Å². The minimum atomic E-state index is -1.10. The van der Waals surface area contributed by atoms with Crippen molar-refractivity contribution < 1.29 is 9.59 Å². The van der Waals surface area contributed by atoms with Crippen LogP contribution in [0.4, 0.5) is 5.69 Å². The monoisotopic (exact) mass is 645 g/mol. The average molecular weight is 646 g/mol. The van der Waals surface area contributed by atoms with Crippen molar-refractivity contribution in [2.24, 2.45) is 5.92 Å². The number of anilines is 1. The summed E-state index contributed by atoms with van der Waals surface area (Å²) < 4.78 is 3.12. The largest absolute Gasteiger partial charge is 0.327 e. The Morgan fingerprint density at radius 1 is 1.09 bits per heavy atom. The van der Waals surface area contributed by atoms with Crippen LogP contribution >= 0.6 is 11.3 Å². The number of hydrogen-bond donors (Lipinski definition) is 1. The number of carbonyl (C=O) groups excluding carboxylic acids is 2. The van der Waals surface area contributed by atoms with E-state index in [4.69, 9.17) is 4.98 Å². The molecule has 4 aromatic rings. The lowest BCUT2D eigenvalue weighted by Gasteiger charge is -2.38. The molecule has 0 spiro atoms. The van der Waals surface area contributed by atoms with Crippen molar-refractivity contribution in [1.29, 1.82) is 0 Å². The van der Waals surface area contributed by atoms with Gasteiger partial charge in [-0.3, -0.25) is 19.3 Å². The van der Waals surface area contributed by atoms with Gasteiger partial charge in [0.05, 0.1) is 44.9 Å². The van der Waals surface area contributed by atoms with Crippen LogP contribution in [0.2, 0.25) is 25.7 Å². The maximum absolute atomic E-state index is 13.8. The van der Waals surface area contributed by atoms with Crippen molar-refractivity contribution in [3.05, 3.63) is 47.4 Å². The van der Waals surface area contributed by atoms with Gasteiger partial charge in [-0.1, -0.05) is 45.1 Å². The zero-order chi connectivity index (χ0) is 31.9. The third-order valence-corrected chi connectivity index (χ3v) is 12.7. The molecule has 9 nitrogen and oxygen atoms in total. The van der Waals surface area contributed by atoms with E-state index in [0.29, 0.717) is 30.1 Å². The summed E-state index contributed by atoms with van der Waals surface area (Å²) in [5, 5.41) is 9.57. The molecule has 4 heterocycles. The van der Waals surface area contributed by atoms with Crippen LogP contribution in [0.15, 0.2) is 36.8 Å². The second-order valence-corrected chi connectivity index (χ2v) is 21.4. The Hall–Kier alpha value is -3.15. The molecule has 1 N–H and O–H groups in total. The smallest absolute Gasteiger partial charge is 0.314 e. The molecule has 1 aromatic carbocycles. The van der Waals surface area contributed by atoms with Crippen molar-refractivity contribution in [3.8, 4) is 0 Å². The summed E-state index contributed by atoms with van der Waals surface area (Å²) in [5.74, 6) is -0.296. The number of unbranched alkanes of at least 4 members (excludes halogenated alkanes) is 1. The molecule has 2 amide bonds. The van der Waals surface area contributed by atoms with Gasteiger partial charge < -0.3 is 15.1 Å². The van der Waals surface area contributed by atoms with Gasteiger partial charge in [-0.15, -0.1) is 11.3 Å². The van der Waals surface area contributed by atoms with E-state index in [1.807, 2.05) is 4.68 Å². The number of nitrogens with one attached hydrogen (secondary N) is 1. The van der Waals surface area contributed by atoms with Gasteiger partial charge in [-0.05, 0) is 69.8 Å². The van der Waals surface area contributed by atoms with E-state index in [0.717, 1.165) is 67.1 Å². The SMILES string of the molecule is C[C@H]1CC[C@H](c2ccc3sc(C4CC(N(C)C)C4)nc3c2)N(C(=O)C(=O)Nc2cncc3cnn(CCCC[Si](C)(C)C)c23)C1. The topological polar surface area (TPSA) is 96.2 Å². The Morgan fingerprint density at radius 2 is 1.89 bits per heavy atom. The molecule has 0 unspecified atom stereocenters. The van der Waals surface area contributed by atoms with Crippen LogP contribution in [0.25, 0.3) is 21.1 Å². The van der Waals surface area contributed by atoms with Gasteiger partial charge in [0, 0.05) is 44.7 Å². The van der Waals surface area contributed by atoms with E-state index in [2.05, 4.69) is 79.2 Å². The Balaban J connectivity index is 1.18. The summed E-state index contributed by atoms with van der Waals surface area (Å²) in [6.45, 7) is 10.6. The molecule has 0 radical (unpaired) electrons. The lowest BCUT2D eigenvalue weighted by atomic mass is 9.80. The van der Waals surface area contributed by atoms with Crippen molar-refractivity contribution in [1.82, 2.24) is 29.5 Å². The van der Waals surface area contributed by atoms with Gasteiger partial charge in [-0.2, -0.15) is 5.10 Å². The maximum Gasteiger partial charge on any atom is 0.314 e. The summed E-state index contributed by atoms with van der Waals surface area (Å²) in [6.07, 6.45) is 11.5. The first-order valence-corrected chi connectivity index (χ1v) is 21.0. The molecule has 1 saturated heterocycles. The fraction of sp³-hybridized carbons (Fsp3) is 0.559. The molecule has 1 aliphatic carbocycles. The number of thiazole rings is 1. The number of aryl methyl sites for hydroxylation is 1. The van der Waals surface area contributed by atoms with Crippen molar-refractivity contribution in [2.45, 2.75) is 95.7 Å². The van der Waals surface area contributed by atoms with E-state index in [1.54, 1.807) is 34.8 Å². The van der Waals surface area contributed by atoms with E-state index in [9.17, 15) is 9.59 Å². The van der Waals surface area contributed by atoms with Crippen LogP contribution in [-0.2, 0) is 16.1 Å². The van der Waals surface area contributed by atoms with Gasteiger partial charge in [0.1, 0.15) is 0 Å². The van der Waals surface area contributed by atoms with Crippen LogP contribution in [0.5, 0.6) is 0 Å².